The summed E-state index contributed by atoms with van der Waals surface area (Å²) in [6, 6.07) is 7.23. The molecule has 3 N–H and O–H groups in total. The Labute approximate surface area is 110 Å². The lowest BCUT2D eigenvalue weighted by Crippen LogP contribution is -2.01. The van der Waals surface area contributed by atoms with Gasteiger partial charge in [-0.05, 0) is 36.8 Å². The zero-order valence-corrected chi connectivity index (χ0v) is 10.6. The van der Waals surface area contributed by atoms with Crippen LogP contribution in [0.5, 0.6) is 5.75 Å². The lowest BCUT2D eigenvalue weighted by atomic mass is 10.1. The SMILES string of the molecule is COc1ccc(Nc2cc(F)cc(F)c2N)c(C)c1. The van der Waals surface area contributed by atoms with Crippen LogP contribution in [0.3, 0.4) is 0 Å². The summed E-state index contributed by atoms with van der Waals surface area (Å²) in [5.74, 6) is -0.754. The fourth-order valence-electron chi connectivity index (χ4n) is 1.74. The smallest absolute Gasteiger partial charge is 0.151 e. The van der Waals surface area contributed by atoms with Crippen molar-refractivity contribution in [1.82, 2.24) is 0 Å². The molecule has 0 spiro atoms. The summed E-state index contributed by atoms with van der Waals surface area (Å²) in [5.41, 5.74) is 7.25. The topological polar surface area (TPSA) is 47.3 Å². The number of halogens is 2. The lowest BCUT2D eigenvalue weighted by molar-refractivity contribution is 0.414. The Kier molecular flexibility index (Phi) is 3.55. The first kappa shape index (κ1) is 13.1. The van der Waals surface area contributed by atoms with Crippen LogP contribution in [0.1, 0.15) is 5.56 Å². The second-order valence-electron chi connectivity index (χ2n) is 4.15. The van der Waals surface area contributed by atoms with Gasteiger partial charge in [-0.25, -0.2) is 8.78 Å². The standard InChI is InChI=1S/C14H14F2N2O/c1-8-5-10(19-2)3-4-12(8)18-13-7-9(15)6-11(16)14(13)17/h3-7,18H,17H2,1-2H3. The highest BCUT2D eigenvalue weighted by atomic mass is 19.1. The number of benzene rings is 2. The maximum absolute atomic E-state index is 13.3. The van der Waals surface area contributed by atoms with Gasteiger partial charge in [-0.1, -0.05) is 0 Å². The summed E-state index contributed by atoms with van der Waals surface area (Å²) in [6.07, 6.45) is 0. The highest BCUT2D eigenvalue weighted by Gasteiger charge is 2.09. The average Bonchev–Trinajstić information content (AvgIpc) is 2.37. The number of methoxy groups -OCH3 is 1. The summed E-state index contributed by atoms with van der Waals surface area (Å²) in [7, 11) is 1.57. The number of aryl methyl sites for hydroxylation is 1. The molecule has 100 valence electrons. The highest BCUT2D eigenvalue weighted by molar-refractivity contribution is 5.74. The van der Waals surface area contributed by atoms with E-state index in [-0.39, 0.29) is 11.4 Å². The molecule has 0 bridgehead atoms. The van der Waals surface area contributed by atoms with Crippen molar-refractivity contribution in [2.24, 2.45) is 0 Å². The van der Waals surface area contributed by atoms with E-state index in [1.54, 1.807) is 19.2 Å². The summed E-state index contributed by atoms with van der Waals surface area (Å²) >= 11 is 0. The number of ether oxygens (including phenoxy) is 1. The van der Waals surface area contributed by atoms with Crippen LogP contribution in [0.2, 0.25) is 0 Å². The molecule has 0 aromatic heterocycles. The fourth-order valence-corrected chi connectivity index (χ4v) is 1.74. The largest absolute Gasteiger partial charge is 0.497 e. The Hall–Kier alpha value is -2.30. The van der Waals surface area contributed by atoms with Crippen molar-refractivity contribution in [3.63, 3.8) is 0 Å². The summed E-state index contributed by atoms with van der Waals surface area (Å²) in [6.45, 7) is 1.86. The normalized spacial score (nSPS) is 10.3. The Bertz CT molecular complexity index is 615. The van der Waals surface area contributed by atoms with E-state index in [0.29, 0.717) is 11.4 Å². The van der Waals surface area contributed by atoms with Gasteiger partial charge in [0.2, 0.25) is 0 Å². The van der Waals surface area contributed by atoms with Gasteiger partial charge in [0.15, 0.2) is 5.82 Å². The van der Waals surface area contributed by atoms with Gasteiger partial charge in [0, 0.05) is 11.8 Å². The van der Waals surface area contributed by atoms with E-state index in [1.807, 2.05) is 13.0 Å². The molecule has 0 aliphatic heterocycles. The molecule has 2 rings (SSSR count). The van der Waals surface area contributed by atoms with Crippen LogP contribution < -0.4 is 15.8 Å². The molecule has 0 heterocycles. The quantitative estimate of drug-likeness (QED) is 0.832. The number of rotatable bonds is 3. The van der Waals surface area contributed by atoms with Gasteiger partial charge in [0.1, 0.15) is 11.6 Å². The van der Waals surface area contributed by atoms with E-state index in [0.717, 1.165) is 17.7 Å². The molecular formula is C14H14F2N2O. The maximum atomic E-state index is 13.3. The van der Waals surface area contributed by atoms with E-state index >= 15 is 0 Å². The minimum absolute atomic E-state index is 0.114. The lowest BCUT2D eigenvalue weighted by Gasteiger charge is -2.13. The Morgan fingerprint density at radius 3 is 2.47 bits per heavy atom. The molecule has 19 heavy (non-hydrogen) atoms. The maximum Gasteiger partial charge on any atom is 0.151 e. The van der Waals surface area contributed by atoms with Gasteiger partial charge >= 0.3 is 0 Å². The summed E-state index contributed by atoms with van der Waals surface area (Å²) in [4.78, 5) is 0. The van der Waals surface area contributed by atoms with Crippen LogP contribution >= 0.6 is 0 Å². The number of anilines is 3. The predicted octanol–water partition coefficient (Wildman–Crippen LogP) is 3.61. The van der Waals surface area contributed by atoms with E-state index in [2.05, 4.69) is 5.32 Å². The molecule has 0 atom stereocenters. The molecule has 0 fully saturated rings. The third-order valence-corrected chi connectivity index (χ3v) is 2.80. The van der Waals surface area contributed by atoms with Crippen LogP contribution in [-0.4, -0.2) is 7.11 Å². The van der Waals surface area contributed by atoms with Crippen molar-refractivity contribution >= 4 is 17.1 Å². The molecule has 0 unspecified atom stereocenters. The Morgan fingerprint density at radius 2 is 1.84 bits per heavy atom. The number of nitrogens with one attached hydrogen (secondary N) is 1. The van der Waals surface area contributed by atoms with Gasteiger partial charge in [-0.3, -0.25) is 0 Å². The molecule has 0 saturated heterocycles. The van der Waals surface area contributed by atoms with Crippen LogP contribution in [0.4, 0.5) is 25.8 Å². The number of nitrogen functional groups attached to an aromatic ring is 1. The van der Waals surface area contributed by atoms with Crippen molar-refractivity contribution in [1.29, 1.82) is 0 Å². The van der Waals surface area contributed by atoms with E-state index in [9.17, 15) is 8.78 Å². The second-order valence-corrected chi connectivity index (χ2v) is 4.15. The molecule has 2 aromatic carbocycles. The second kappa shape index (κ2) is 5.14. The van der Waals surface area contributed by atoms with Crippen LogP contribution in [0.25, 0.3) is 0 Å². The first-order valence-electron chi connectivity index (χ1n) is 5.67. The van der Waals surface area contributed by atoms with E-state index in [4.69, 9.17) is 10.5 Å². The monoisotopic (exact) mass is 264 g/mol. The summed E-state index contributed by atoms with van der Waals surface area (Å²) in [5, 5.41) is 2.91. The molecular weight excluding hydrogens is 250 g/mol. The summed E-state index contributed by atoms with van der Waals surface area (Å²) < 4.78 is 31.6. The molecule has 5 heteroatoms. The van der Waals surface area contributed by atoms with Crippen molar-refractivity contribution in [3.8, 4) is 5.75 Å². The average molecular weight is 264 g/mol. The number of hydrogen-bond acceptors (Lipinski definition) is 3. The molecule has 0 aliphatic rings. The number of nitrogens with two attached hydrogens (primary N) is 1. The third-order valence-electron chi connectivity index (χ3n) is 2.80. The molecule has 3 nitrogen and oxygen atoms in total. The van der Waals surface area contributed by atoms with E-state index in [1.165, 1.54) is 0 Å². The number of hydrogen-bond donors (Lipinski definition) is 2. The first-order chi connectivity index (χ1) is 9.01. The molecule has 0 saturated carbocycles. The fraction of sp³-hybridized carbons (Fsp3) is 0.143. The minimum atomic E-state index is -0.784. The molecule has 0 amide bonds. The molecule has 2 aromatic rings. The van der Waals surface area contributed by atoms with E-state index < -0.39 is 11.6 Å². The van der Waals surface area contributed by atoms with Gasteiger partial charge < -0.3 is 15.8 Å². The zero-order valence-electron chi connectivity index (χ0n) is 10.6. The van der Waals surface area contributed by atoms with Crippen LogP contribution in [0, 0.1) is 18.6 Å². The zero-order chi connectivity index (χ0) is 14.0. The van der Waals surface area contributed by atoms with Crippen molar-refractivity contribution in [2.45, 2.75) is 6.92 Å². The van der Waals surface area contributed by atoms with Crippen LogP contribution in [-0.2, 0) is 0 Å². The van der Waals surface area contributed by atoms with Crippen molar-refractivity contribution in [2.75, 3.05) is 18.2 Å². The van der Waals surface area contributed by atoms with Gasteiger partial charge in [0.25, 0.3) is 0 Å². The Morgan fingerprint density at radius 1 is 1.11 bits per heavy atom. The van der Waals surface area contributed by atoms with Crippen molar-refractivity contribution in [3.05, 3.63) is 47.5 Å². The van der Waals surface area contributed by atoms with Gasteiger partial charge in [-0.15, -0.1) is 0 Å². The van der Waals surface area contributed by atoms with Crippen LogP contribution in [0.15, 0.2) is 30.3 Å². The predicted molar refractivity (Wildman–Crippen MR) is 71.8 cm³/mol. The first-order valence-corrected chi connectivity index (χ1v) is 5.67. The Balaban J connectivity index is 2.36. The minimum Gasteiger partial charge on any atom is -0.497 e. The third kappa shape index (κ3) is 2.76. The van der Waals surface area contributed by atoms with Gasteiger partial charge in [0.05, 0.1) is 18.5 Å². The van der Waals surface area contributed by atoms with Crippen molar-refractivity contribution < 1.29 is 13.5 Å². The van der Waals surface area contributed by atoms with Gasteiger partial charge in [-0.2, -0.15) is 0 Å². The molecule has 0 aliphatic carbocycles. The molecule has 0 radical (unpaired) electrons. The highest BCUT2D eigenvalue weighted by Crippen LogP contribution is 2.29.